The van der Waals surface area contributed by atoms with Gasteiger partial charge >= 0.3 is 0 Å². The lowest BCUT2D eigenvalue weighted by atomic mass is 10.3. The van der Waals surface area contributed by atoms with Gasteiger partial charge in [0.15, 0.2) is 0 Å². The first kappa shape index (κ1) is 12.8. The summed E-state index contributed by atoms with van der Waals surface area (Å²) < 4.78 is 5.56. The second kappa shape index (κ2) is 5.77. The van der Waals surface area contributed by atoms with Gasteiger partial charge in [-0.05, 0) is 32.9 Å². The van der Waals surface area contributed by atoms with Crippen molar-refractivity contribution in [2.75, 3.05) is 26.2 Å². The highest BCUT2D eigenvalue weighted by Gasteiger charge is 2.13. The Hall–Kier alpha value is -1.69. The molecule has 0 bridgehead atoms. The zero-order chi connectivity index (χ0) is 13.0. The van der Waals surface area contributed by atoms with Crippen molar-refractivity contribution in [3.05, 3.63) is 27.9 Å². The van der Waals surface area contributed by atoms with Crippen LogP contribution in [0.1, 0.15) is 18.4 Å². The molecular formula is C12H17N3O3. The Balaban J connectivity index is 1.87. The predicted octanol–water partition coefficient (Wildman–Crippen LogP) is 1.77. The maximum Gasteiger partial charge on any atom is 0.288 e. The maximum absolute atomic E-state index is 10.6. The minimum Gasteiger partial charge on any atom is -0.476 e. The molecule has 18 heavy (non-hydrogen) atoms. The van der Waals surface area contributed by atoms with Gasteiger partial charge in [-0.3, -0.25) is 15.0 Å². The van der Waals surface area contributed by atoms with Gasteiger partial charge in [-0.1, -0.05) is 0 Å². The molecule has 1 aliphatic rings. The molecule has 0 aromatic carbocycles. The van der Waals surface area contributed by atoms with Crippen molar-refractivity contribution in [2.45, 2.75) is 19.8 Å². The van der Waals surface area contributed by atoms with E-state index in [0.29, 0.717) is 18.1 Å². The number of aromatic nitrogens is 1. The number of nitro groups is 1. The number of rotatable bonds is 5. The number of pyridine rings is 1. The second-order valence-electron chi connectivity index (χ2n) is 4.47. The summed E-state index contributed by atoms with van der Waals surface area (Å²) in [5, 5.41) is 10.6. The molecule has 6 heteroatoms. The van der Waals surface area contributed by atoms with Gasteiger partial charge < -0.3 is 4.74 Å². The van der Waals surface area contributed by atoms with Crippen LogP contribution < -0.4 is 4.74 Å². The highest BCUT2D eigenvalue weighted by molar-refractivity contribution is 5.36. The molecule has 6 nitrogen and oxygen atoms in total. The van der Waals surface area contributed by atoms with Crippen molar-refractivity contribution in [2.24, 2.45) is 0 Å². The lowest BCUT2D eigenvalue weighted by Crippen LogP contribution is -2.25. The Morgan fingerprint density at radius 1 is 1.50 bits per heavy atom. The van der Waals surface area contributed by atoms with E-state index in [-0.39, 0.29) is 5.69 Å². The molecule has 98 valence electrons. The van der Waals surface area contributed by atoms with Crippen LogP contribution in [0.2, 0.25) is 0 Å². The summed E-state index contributed by atoms with van der Waals surface area (Å²) in [4.78, 5) is 16.4. The lowest BCUT2D eigenvalue weighted by molar-refractivity contribution is -0.385. The predicted molar refractivity (Wildman–Crippen MR) is 66.8 cm³/mol. The SMILES string of the molecule is Cc1cc([N+](=O)[O-])cnc1OCCN1CCCC1. The second-order valence-corrected chi connectivity index (χ2v) is 4.47. The Morgan fingerprint density at radius 2 is 2.22 bits per heavy atom. The van der Waals surface area contributed by atoms with Gasteiger partial charge in [-0.15, -0.1) is 0 Å². The fraction of sp³-hybridized carbons (Fsp3) is 0.583. The van der Waals surface area contributed by atoms with E-state index in [0.717, 1.165) is 19.6 Å². The summed E-state index contributed by atoms with van der Waals surface area (Å²) in [6, 6.07) is 1.48. The van der Waals surface area contributed by atoms with Gasteiger partial charge in [0, 0.05) is 18.2 Å². The third-order valence-corrected chi connectivity index (χ3v) is 3.07. The van der Waals surface area contributed by atoms with Crippen molar-refractivity contribution >= 4 is 5.69 Å². The summed E-state index contributed by atoms with van der Waals surface area (Å²) in [6.07, 6.45) is 3.75. The quantitative estimate of drug-likeness (QED) is 0.589. The first-order chi connectivity index (χ1) is 8.66. The molecule has 1 aromatic heterocycles. The first-order valence-corrected chi connectivity index (χ1v) is 6.13. The molecule has 1 aliphatic heterocycles. The molecule has 1 aromatic rings. The Morgan fingerprint density at radius 3 is 2.83 bits per heavy atom. The number of likely N-dealkylation sites (tertiary alicyclic amines) is 1. The number of ether oxygens (including phenoxy) is 1. The van der Waals surface area contributed by atoms with Crippen molar-refractivity contribution in [1.82, 2.24) is 9.88 Å². The normalized spacial score (nSPS) is 15.8. The molecule has 2 heterocycles. The van der Waals surface area contributed by atoms with E-state index < -0.39 is 4.92 Å². The lowest BCUT2D eigenvalue weighted by Gasteiger charge is -2.15. The van der Waals surface area contributed by atoms with Crippen molar-refractivity contribution in [3.63, 3.8) is 0 Å². The third-order valence-electron chi connectivity index (χ3n) is 3.07. The third kappa shape index (κ3) is 3.16. The maximum atomic E-state index is 10.6. The van der Waals surface area contributed by atoms with Gasteiger partial charge in [0.1, 0.15) is 12.8 Å². The molecule has 0 N–H and O–H groups in total. The molecule has 1 saturated heterocycles. The number of hydrogen-bond donors (Lipinski definition) is 0. The topological polar surface area (TPSA) is 68.5 Å². The fourth-order valence-corrected chi connectivity index (χ4v) is 2.08. The Labute approximate surface area is 106 Å². The van der Waals surface area contributed by atoms with E-state index in [1.165, 1.54) is 25.1 Å². The highest BCUT2D eigenvalue weighted by Crippen LogP contribution is 2.19. The molecule has 0 radical (unpaired) electrons. The summed E-state index contributed by atoms with van der Waals surface area (Å²) in [7, 11) is 0. The summed E-state index contributed by atoms with van der Waals surface area (Å²) in [6.45, 7) is 5.50. The van der Waals surface area contributed by atoms with E-state index in [2.05, 4.69) is 9.88 Å². The number of hydrogen-bond acceptors (Lipinski definition) is 5. The largest absolute Gasteiger partial charge is 0.476 e. The number of nitrogens with zero attached hydrogens (tertiary/aromatic N) is 3. The van der Waals surface area contributed by atoms with Crippen LogP contribution in [0.25, 0.3) is 0 Å². The van der Waals surface area contributed by atoms with Crippen LogP contribution in [-0.4, -0.2) is 41.0 Å². The van der Waals surface area contributed by atoms with Crippen LogP contribution in [-0.2, 0) is 0 Å². The standard InChI is InChI=1S/C12H17N3O3/c1-10-8-11(15(16)17)9-13-12(10)18-7-6-14-4-2-3-5-14/h8-9H,2-7H2,1H3. The molecular weight excluding hydrogens is 234 g/mol. The van der Waals surface area contributed by atoms with Gasteiger partial charge in [-0.25, -0.2) is 4.98 Å². The smallest absolute Gasteiger partial charge is 0.288 e. The molecule has 1 fully saturated rings. The zero-order valence-corrected chi connectivity index (χ0v) is 10.5. The van der Waals surface area contributed by atoms with E-state index in [4.69, 9.17) is 4.74 Å². The van der Waals surface area contributed by atoms with Crippen molar-refractivity contribution in [1.29, 1.82) is 0 Å². The zero-order valence-electron chi connectivity index (χ0n) is 10.5. The molecule has 0 amide bonds. The minimum atomic E-state index is -0.450. The fourth-order valence-electron chi connectivity index (χ4n) is 2.08. The molecule has 0 spiro atoms. The Kier molecular flexibility index (Phi) is 4.09. The first-order valence-electron chi connectivity index (χ1n) is 6.13. The summed E-state index contributed by atoms with van der Waals surface area (Å²) in [5.74, 6) is 0.486. The van der Waals surface area contributed by atoms with E-state index in [1.54, 1.807) is 6.92 Å². The van der Waals surface area contributed by atoms with E-state index >= 15 is 0 Å². The van der Waals surface area contributed by atoms with E-state index in [9.17, 15) is 10.1 Å². The highest BCUT2D eigenvalue weighted by atomic mass is 16.6. The van der Waals surface area contributed by atoms with Gasteiger partial charge in [0.05, 0.1) is 4.92 Å². The van der Waals surface area contributed by atoms with Gasteiger partial charge in [0.2, 0.25) is 5.88 Å². The van der Waals surface area contributed by atoms with Gasteiger partial charge in [0.25, 0.3) is 5.69 Å². The average Bonchev–Trinajstić information content (AvgIpc) is 2.84. The molecule has 0 atom stereocenters. The monoisotopic (exact) mass is 251 g/mol. The molecule has 0 unspecified atom stereocenters. The van der Waals surface area contributed by atoms with E-state index in [1.807, 2.05) is 0 Å². The average molecular weight is 251 g/mol. The molecule has 0 saturated carbocycles. The van der Waals surface area contributed by atoms with Crippen molar-refractivity contribution in [3.8, 4) is 5.88 Å². The van der Waals surface area contributed by atoms with Gasteiger partial charge in [-0.2, -0.15) is 0 Å². The van der Waals surface area contributed by atoms with Crippen LogP contribution in [0.5, 0.6) is 5.88 Å². The van der Waals surface area contributed by atoms with Crippen LogP contribution in [0.15, 0.2) is 12.3 Å². The van der Waals surface area contributed by atoms with Crippen LogP contribution in [0.3, 0.4) is 0 Å². The molecule has 0 aliphatic carbocycles. The minimum absolute atomic E-state index is 0.000562. The van der Waals surface area contributed by atoms with Crippen LogP contribution in [0.4, 0.5) is 5.69 Å². The summed E-state index contributed by atoms with van der Waals surface area (Å²) in [5.41, 5.74) is 0.699. The van der Waals surface area contributed by atoms with Crippen LogP contribution in [0, 0.1) is 17.0 Å². The van der Waals surface area contributed by atoms with Crippen molar-refractivity contribution < 1.29 is 9.66 Å². The van der Waals surface area contributed by atoms with Crippen LogP contribution >= 0.6 is 0 Å². The molecule has 2 rings (SSSR count). The summed E-state index contributed by atoms with van der Waals surface area (Å²) >= 11 is 0. The Bertz CT molecular complexity index is 431. The number of aryl methyl sites for hydroxylation is 1.